The van der Waals surface area contributed by atoms with Crippen molar-refractivity contribution in [1.82, 2.24) is 4.90 Å². The molecule has 0 saturated heterocycles. The Hall–Kier alpha value is -2.33. The molecular formula is C23H20Cl2N2O. The van der Waals surface area contributed by atoms with E-state index in [1.807, 2.05) is 24.3 Å². The molecule has 0 atom stereocenters. The van der Waals surface area contributed by atoms with Crippen molar-refractivity contribution in [3.63, 3.8) is 0 Å². The van der Waals surface area contributed by atoms with Gasteiger partial charge in [-0.15, -0.1) is 0 Å². The zero-order valence-electron chi connectivity index (χ0n) is 15.3. The number of benzene rings is 3. The highest BCUT2D eigenvalue weighted by Crippen LogP contribution is 2.30. The molecule has 0 aliphatic carbocycles. The molecular weight excluding hydrogens is 391 g/mol. The van der Waals surface area contributed by atoms with Crippen LogP contribution in [0.4, 0.5) is 5.69 Å². The third-order valence-corrected chi connectivity index (χ3v) is 5.85. The summed E-state index contributed by atoms with van der Waals surface area (Å²) in [4.78, 5) is 14.9. The lowest BCUT2D eigenvalue weighted by Crippen LogP contribution is -2.29. The van der Waals surface area contributed by atoms with Crippen molar-refractivity contribution in [1.29, 1.82) is 0 Å². The Balaban J connectivity index is 1.40. The lowest BCUT2D eigenvalue weighted by molar-refractivity contribution is 0.102. The molecule has 5 heteroatoms. The van der Waals surface area contributed by atoms with Crippen LogP contribution in [-0.2, 0) is 19.5 Å². The minimum atomic E-state index is -0.206. The molecule has 1 aliphatic rings. The summed E-state index contributed by atoms with van der Waals surface area (Å²) in [6.45, 7) is 2.88. The lowest BCUT2D eigenvalue weighted by Gasteiger charge is -2.28. The first-order chi connectivity index (χ1) is 13.6. The second-order valence-electron chi connectivity index (χ2n) is 6.98. The SMILES string of the molecule is O=C(Nc1cccc(Cl)c1Cl)c1ccc(CN2CCc3ccccc3C2)cc1. The topological polar surface area (TPSA) is 32.3 Å². The average molecular weight is 411 g/mol. The Labute approximate surface area is 174 Å². The number of carbonyl (C=O) groups is 1. The quantitative estimate of drug-likeness (QED) is 0.588. The standard InChI is InChI=1S/C23H20Cl2N2O/c24-20-6-3-7-21(22(20)25)26-23(28)18-10-8-16(9-11-18)14-27-13-12-17-4-1-2-5-19(17)15-27/h1-11H,12-15H2,(H,26,28). The van der Waals surface area contributed by atoms with Crippen molar-refractivity contribution in [2.24, 2.45) is 0 Å². The van der Waals surface area contributed by atoms with Crippen LogP contribution in [0.2, 0.25) is 10.0 Å². The normalized spacial score (nSPS) is 13.8. The maximum Gasteiger partial charge on any atom is 0.255 e. The van der Waals surface area contributed by atoms with Gasteiger partial charge in [-0.3, -0.25) is 9.69 Å². The molecule has 0 aromatic heterocycles. The minimum Gasteiger partial charge on any atom is -0.321 e. The fourth-order valence-electron chi connectivity index (χ4n) is 3.50. The maximum absolute atomic E-state index is 12.5. The van der Waals surface area contributed by atoms with E-state index in [1.54, 1.807) is 18.2 Å². The molecule has 0 fully saturated rings. The molecule has 4 rings (SSSR count). The highest BCUT2D eigenvalue weighted by atomic mass is 35.5. The summed E-state index contributed by atoms with van der Waals surface area (Å²) < 4.78 is 0. The number of nitrogens with zero attached hydrogens (tertiary/aromatic N) is 1. The molecule has 3 aromatic rings. The van der Waals surface area contributed by atoms with Gasteiger partial charge in [0.05, 0.1) is 15.7 Å². The molecule has 1 N–H and O–H groups in total. The van der Waals surface area contributed by atoms with E-state index in [2.05, 4.69) is 34.5 Å². The van der Waals surface area contributed by atoms with Crippen molar-refractivity contribution in [3.8, 4) is 0 Å². The van der Waals surface area contributed by atoms with Crippen LogP contribution in [0.5, 0.6) is 0 Å². The van der Waals surface area contributed by atoms with Gasteiger partial charge >= 0.3 is 0 Å². The third-order valence-electron chi connectivity index (χ3n) is 5.03. The molecule has 1 aliphatic heterocycles. The summed E-state index contributed by atoms with van der Waals surface area (Å²) in [5, 5.41) is 3.57. The first-order valence-electron chi connectivity index (χ1n) is 9.23. The van der Waals surface area contributed by atoms with Gasteiger partial charge < -0.3 is 5.32 Å². The van der Waals surface area contributed by atoms with E-state index in [1.165, 1.54) is 16.7 Å². The second-order valence-corrected chi connectivity index (χ2v) is 7.77. The van der Waals surface area contributed by atoms with Crippen molar-refractivity contribution in [3.05, 3.63) is 99.0 Å². The molecule has 142 valence electrons. The van der Waals surface area contributed by atoms with Crippen LogP contribution in [-0.4, -0.2) is 17.4 Å². The lowest BCUT2D eigenvalue weighted by atomic mass is 9.99. The number of hydrogen-bond donors (Lipinski definition) is 1. The Morgan fingerprint density at radius 1 is 0.929 bits per heavy atom. The van der Waals surface area contributed by atoms with Crippen molar-refractivity contribution in [2.75, 3.05) is 11.9 Å². The van der Waals surface area contributed by atoms with Gasteiger partial charge in [0.15, 0.2) is 0 Å². The van der Waals surface area contributed by atoms with Crippen LogP contribution in [0.15, 0.2) is 66.7 Å². The van der Waals surface area contributed by atoms with E-state index in [0.29, 0.717) is 21.3 Å². The van der Waals surface area contributed by atoms with Gasteiger partial charge in [-0.05, 0) is 47.4 Å². The summed E-state index contributed by atoms with van der Waals surface area (Å²) >= 11 is 12.1. The zero-order valence-corrected chi connectivity index (χ0v) is 16.8. The van der Waals surface area contributed by atoms with Crippen LogP contribution in [0.1, 0.15) is 27.0 Å². The number of hydrogen-bond acceptors (Lipinski definition) is 2. The highest BCUT2D eigenvalue weighted by molar-refractivity contribution is 6.44. The minimum absolute atomic E-state index is 0.206. The molecule has 0 saturated carbocycles. The van der Waals surface area contributed by atoms with Crippen LogP contribution in [0.25, 0.3) is 0 Å². The van der Waals surface area contributed by atoms with E-state index in [-0.39, 0.29) is 5.91 Å². The molecule has 3 nitrogen and oxygen atoms in total. The largest absolute Gasteiger partial charge is 0.321 e. The number of anilines is 1. The van der Waals surface area contributed by atoms with Gasteiger partial charge in [0, 0.05) is 25.2 Å². The summed E-state index contributed by atoms with van der Waals surface area (Å²) in [5.41, 5.74) is 5.14. The molecule has 1 amide bonds. The van der Waals surface area contributed by atoms with Crippen molar-refractivity contribution < 1.29 is 4.79 Å². The van der Waals surface area contributed by atoms with E-state index in [4.69, 9.17) is 23.2 Å². The fraction of sp³-hybridized carbons (Fsp3) is 0.174. The number of nitrogens with one attached hydrogen (secondary N) is 1. The van der Waals surface area contributed by atoms with Gasteiger partial charge in [0.2, 0.25) is 0 Å². The average Bonchev–Trinajstić information content (AvgIpc) is 2.72. The Bertz CT molecular complexity index is 1000. The summed E-state index contributed by atoms with van der Waals surface area (Å²) in [5.74, 6) is -0.206. The monoisotopic (exact) mass is 410 g/mol. The molecule has 1 heterocycles. The molecule has 0 spiro atoms. The second kappa shape index (κ2) is 8.36. The van der Waals surface area contributed by atoms with Crippen molar-refractivity contribution in [2.45, 2.75) is 19.5 Å². The maximum atomic E-state index is 12.5. The van der Waals surface area contributed by atoms with Crippen molar-refractivity contribution >= 4 is 34.8 Å². The van der Waals surface area contributed by atoms with Gasteiger partial charge in [0.1, 0.15) is 0 Å². The summed E-state index contributed by atoms with van der Waals surface area (Å²) in [7, 11) is 0. The van der Waals surface area contributed by atoms with Crippen LogP contribution in [0.3, 0.4) is 0 Å². The zero-order chi connectivity index (χ0) is 19.5. The highest BCUT2D eigenvalue weighted by Gasteiger charge is 2.16. The summed E-state index contributed by atoms with van der Waals surface area (Å²) in [6.07, 6.45) is 1.08. The molecule has 0 radical (unpaired) electrons. The predicted molar refractivity (Wildman–Crippen MR) is 115 cm³/mol. The number of halogens is 2. The predicted octanol–water partition coefficient (Wildman–Crippen LogP) is 5.80. The van der Waals surface area contributed by atoms with Gasteiger partial charge in [-0.25, -0.2) is 0 Å². The molecule has 0 bridgehead atoms. The molecule has 28 heavy (non-hydrogen) atoms. The fourth-order valence-corrected chi connectivity index (χ4v) is 3.85. The number of carbonyl (C=O) groups excluding carboxylic acids is 1. The van der Waals surface area contributed by atoms with E-state index < -0.39 is 0 Å². The molecule has 0 unspecified atom stereocenters. The summed E-state index contributed by atoms with van der Waals surface area (Å²) in [6, 6.07) is 21.5. The first kappa shape index (κ1) is 19.0. The number of amides is 1. The van der Waals surface area contributed by atoms with Gasteiger partial charge in [-0.1, -0.05) is 65.7 Å². The Morgan fingerprint density at radius 2 is 1.68 bits per heavy atom. The smallest absolute Gasteiger partial charge is 0.255 e. The van der Waals surface area contributed by atoms with Crippen LogP contribution >= 0.6 is 23.2 Å². The number of rotatable bonds is 4. The van der Waals surface area contributed by atoms with E-state index >= 15 is 0 Å². The Kier molecular flexibility index (Phi) is 5.67. The number of fused-ring (bicyclic) bond motifs is 1. The van der Waals surface area contributed by atoms with Crippen LogP contribution in [0, 0.1) is 0 Å². The molecule has 3 aromatic carbocycles. The Morgan fingerprint density at radius 3 is 2.46 bits per heavy atom. The third kappa shape index (κ3) is 4.22. The van der Waals surface area contributed by atoms with E-state index in [9.17, 15) is 4.79 Å². The van der Waals surface area contributed by atoms with Gasteiger partial charge in [-0.2, -0.15) is 0 Å². The van der Waals surface area contributed by atoms with E-state index in [0.717, 1.165) is 26.1 Å². The first-order valence-corrected chi connectivity index (χ1v) is 9.99. The van der Waals surface area contributed by atoms with Crippen LogP contribution < -0.4 is 5.32 Å². The van der Waals surface area contributed by atoms with Gasteiger partial charge in [0.25, 0.3) is 5.91 Å².